The summed E-state index contributed by atoms with van der Waals surface area (Å²) in [7, 11) is 0. The highest BCUT2D eigenvalue weighted by Crippen LogP contribution is 2.42. The van der Waals surface area contributed by atoms with E-state index in [9.17, 15) is 28.8 Å². The number of aromatic amines is 1. The number of fused-ring (bicyclic) bond motifs is 6. The first-order valence-corrected chi connectivity index (χ1v) is 14.1. The number of halogens is 1. The summed E-state index contributed by atoms with van der Waals surface area (Å²) < 4.78 is 24.4. The maximum Gasteiger partial charge on any atom is 0.355 e. The van der Waals surface area contributed by atoms with E-state index in [1.165, 1.54) is 4.57 Å². The van der Waals surface area contributed by atoms with E-state index in [-0.39, 0.29) is 42.5 Å². The summed E-state index contributed by atoms with van der Waals surface area (Å²) in [6.07, 6.45) is 0.914. The lowest BCUT2D eigenvalue weighted by atomic mass is 9.85. The SMILES string of the molecule is CC[C@@]1(OC(=O)CNC(=O)Cn2cc(Cl)c(=O)[nH]c2=O)C(=O)OCc2c1cc1n(c2=O)Cc2cc3cc4c(cc3nc2-1)OCO4. The number of benzene rings is 1. The number of rotatable bonds is 6. The molecule has 0 bridgehead atoms. The number of nitrogens with one attached hydrogen (secondary N) is 2. The number of esters is 2. The highest BCUT2D eigenvalue weighted by Gasteiger charge is 2.50. The van der Waals surface area contributed by atoms with Gasteiger partial charge in [-0.1, -0.05) is 18.5 Å². The zero-order chi connectivity index (χ0) is 31.6. The topological polar surface area (TPSA) is 190 Å². The van der Waals surface area contributed by atoms with Crippen molar-refractivity contribution in [2.45, 2.75) is 38.6 Å². The Balaban J connectivity index is 1.18. The molecule has 1 amide bonds. The fraction of sp³-hybridized carbons (Fsp3) is 0.276. The van der Waals surface area contributed by atoms with Crippen LogP contribution < -0.4 is 31.6 Å². The van der Waals surface area contributed by atoms with E-state index in [1.54, 1.807) is 19.1 Å². The van der Waals surface area contributed by atoms with E-state index >= 15 is 0 Å². The molecule has 0 saturated heterocycles. The van der Waals surface area contributed by atoms with Crippen LogP contribution in [0.25, 0.3) is 22.3 Å². The van der Waals surface area contributed by atoms with Crippen LogP contribution in [-0.2, 0) is 49.2 Å². The van der Waals surface area contributed by atoms with Crippen molar-refractivity contribution in [3.8, 4) is 22.9 Å². The number of ether oxygens (including phenoxy) is 4. The van der Waals surface area contributed by atoms with Crippen molar-refractivity contribution in [1.82, 2.24) is 24.4 Å². The van der Waals surface area contributed by atoms with Gasteiger partial charge in [-0.15, -0.1) is 0 Å². The number of carbonyl (C=O) groups is 3. The predicted molar refractivity (Wildman–Crippen MR) is 154 cm³/mol. The highest BCUT2D eigenvalue weighted by atomic mass is 35.5. The first kappa shape index (κ1) is 28.3. The lowest BCUT2D eigenvalue weighted by molar-refractivity contribution is -0.189. The molecule has 15 nitrogen and oxygen atoms in total. The van der Waals surface area contributed by atoms with Crippen molar-refractivity contribution < 1.29 is 33.3 Å². The number of cyclic esters (lactones) is 1. The minimum absolute atomic E-state index is 0.0752. The smallest absolute Gasteiger partial charge is 0.355 e. The van der Waals surface area contributed by atoms with Crippen LogP contribution in [0.5, 0.6) is 11.5 Å². The van der Waals surface area contributed by atoms with E-state index in [0.29, 0.717) is 28.4 Å². The van der Waals surface area contributed by atoms with Crippen LogP contribution in [-0.4, -0.2) is 50.3 Å². The zero-order valence-corrected chi connectivity index (χ0v) is 24.2. The second-order valence-electron chi connectivity index (χ2n) is 10.6. The number of carbonyl (C=O) groups excluding carboxylic acids is 3. The van der Waals surface area contributed by atoms with Gasteiger partial charge in [-0.05, 0) is 24.6 Å². The largest absolute Gasteiger partial charge is 0.457 e. The normalized spacial score (nSPS) is 17.3. The molecule has 0 aliphatic carbocycles. The number of hydrogen-bond donors (Lipinski definition) is 2. The average Bonchev–Trinajstić information content (AvgIpc) is 3.62. The minimum atomic E-state index is -1.97. The van der Waals surface area contributed by atoms with Gasteiger partial charge in [0.1, 0.15) is 24.7 Å². The molecule has 0 spiro atoms. The Morgan fingerprint density at radius 2 is 1.89 bits per heavy atom. The highest BCUT2D eigenvalue weighted by molar-refractivity contribution is 6.30. The maximum absolute atomic E-state index is 13.7. The third kappa shape index (κ3) is 4.54. The molecule has 45 heavy (non-hydrogen) atoms. The average molecular weight is 636 g/mol. The second-order valence-corrected chi connectivity index (χ2v) is 11.0. The quantitative estimate of drug-likeness (QED) is 0.250. The van der Waals surface area contributed by atoms with Gasteiger partial charge in [0.25, 0.3) is 11.1 Å². The monoisotopic (exact) mass is 635 g/mol. The van der Waals surface area contributed by atoms with Gasteiger partial charge in [0.15, 0.2) is 11.5 Å². The predicted octanol–water partition coefficient (Wildman–Crippen LogP) is 0.679. The lowest BCUT2D eigenvalue weighted by Gasteiger charge is -2.35. The standard InChI is InChI=1S/C29H22ClN5O10/c1-2-29(45-23(37)7-31-22(36)10-34-9-17(30)25(38)33-28(34)41)16-5-19-24-14(8-35(19)26(39)15(16)11-42-27(29)40)3-13-4-20-21(44-12-43-20)6-18(13)32-24/h3-6,9H,2,7-8,10-12H2,1H3,(H,31,36)(H,33,38,41)/t29-/m0/s1. The van der Waals surface area contributed by atoms with Crippen molar-refractivity contribution in [2.24, 2.45) is 0 Å². The Hall–Kier alpha value is -5.44. The van der Waals surface area contributed by atoms with Crippen LogP contribution in [0, 0.1) is 0 Å². The molecule has 7 rings (SSSR count). The summed E-state index contributed by atoms with van der Waals surface area (Å²) >= 11 is 5.72. The molecular weight excluding hydrogens is 614 g/mol. The van der Waals surface area contributed by atoms with Crippen LogP contribution in [0.4, 0.5) is 0 Å². The zero-order valence-electron chi connectivity index (χ0n) is 23.4. The Morgan fingerprint density at radius 1 is 1.11 bits per heavy atom. The van der Waals surface area contributed by atoms with E-state index in [0.717, 1.165) is 21.7 Å². The summed E-state index contributed by atoms with van der Waals surface area (Å²) in [6, 6.07) is 7.11. The number of pyridine rings is 2. The Labute approximate surface area is 256 Å². The van der Waals surface area contributed by atoms with E-state index < -0.39 is 53.3 Å². The third-order valence-corrected chi connectivity index (χ3v) is 8.24. The molecule has 3 aromatic heterocycles. The third-order valence-electron chi connectivity index (χ3n) is 7.97. The minimum Gasteiger partial charge on any atom is -0.457 e. The molecule has 0 unspecified atom stereocenters. The van der Waals surface area contributed by atoms with Gasteiger partial charge in [-0.2, -0.15) is 0 Å². The van der Waals surface area contributed by atoms with Gasteiger partial charge in [0.05, 0.1) is 29.0 Å². The fourth-order valence-corrected chi connectivity index (χ4v) is 5.91. The van der Waals surface area contributed by atoms with E-state index in [1.807, 2.05) is 17.1 Å². The van der Waals surface area contributed by atoms with E-state index in [4.69, 9.17) is 35.5 Å². The van der Waals surface area contributed by atoms with Gasteiger partial charge < -0.3 is 28.8 Å². The lowest BCUT2D eigenvalue weighted by Crippen LogP contribution is -2.49. The molecule has 0 radical (unpaired) electrons. The molecule has 4 aromatic rings. The van der Waals surface area contributed by atoms with Crippen molar-refractivity contribution in [3.05, 3.63) is 83.4 Å². The van der Waals surface area contributed by atoms with Crippen LogP contribution in [0.2, 0.25) is 5.02 Å². The van der Waals surface area contributed by atoms with Gasteiger partial charge in [-0.25, -0.2) is 14.6 Å². The maximum atomic E-state index is 13.7. The van der Waals surface area contributed by atoms with Gasteiger partial charge >= 0.3 is 17.6 Å². The first-order valence-electron chi connectivity index (χ1n) is 13.7. The molecule has 3 aliphatic rings. The van der Waals surface area contributed by atoms with E-state index in [2.05, 4.69) is 5.32 Å². The summed E-state index contributed by atoms with van der Waals surface area (Å²) in [5.74, 6) is -1.49. The van der Waals surface area contributed by atoms with Crippen LogP contribution in [0.1, 0.15) is 30.0 Å². The van der Waals surface area contributed by atoms with Crippen LogP contribution in [0.15, 0.2) is 44.8 Å². The number of hydrogen-bond acceptors (Lipinski definition) is 11. The molecule has 1 aromatic carbocycles. The van der Waals surface area contributed by atoms with Crippen molar-refractivity contribution in [3.63, 3.8) is 0 Å². The van der Waals surface area contributed by atoms with Gasteiger partial charge in [-0.3, -0.25) is 28.7 Å². The Bertz CT molecular complexity index is 2170. The number of nitrogens with zero attached hydrogens (tertiary/aromatic N) is 3. The van der Waals surface area contributed by atoms with Crippen LogP contribution >= 0.6 is 11.6 Å². The number of H-pyrrole nitrogens is 1. The summed E-state index contributed by atoms with van der Waals surface area (Å²) in [4.78, 5) is 82.6. The van der Waals surface area contributed by atoms with Crippen molar-refractivity contribution >= 4 is 40.3 Å². The summed E-state index contributed by atoms with van der Waals surface area (Å²) in [5.41, 5.74) is -1.38. The molecule has 3 aliphatic heterocycles. The molecular formula is C29H22ClN5O10. The second kappa shape index (κ2) is 10.3. The summed E-state index contributed by atoms with van der Waals surface area (Å²) in [6.45, 7) is 0.395. The summed E-state index contributed by atoms with van der Waals surface area (Å²) in [5, 5.41) is 2.80. The molecule has 16 heteroatoms. The molecule has 230 valence electrons. The first-order chi connectivity index (χ1) is 21.6. The fourth-order valence-electron chi connectivity index (χ4n) is 5.74. The number of amides is 1. The van der Waals surface area contributed by atoms with Crippen LogP contribution in [0.3, 0.4) is 0 Å². The van der Waals surface area contributed by atoms with Gasteiger partial charge in [0, 0.05) is 28.8 Å². The molecule has 6 heterocycles. The molecule has 0 saturated carbocycles. The molecule has 1 atom stereocenters. The van der Waals surface area contributed by atoms with Crippen molar-refractivity contribution in [1.29, 1.82) is 0 Å². The van der Waals surface area contributed by atoms with Crippen molar-refractivity contribution in [2.75, 3.05) is 13.3 Å². The molecule has 0 fully saturated rings. The van der Waals surface area contributed by atoms with Gasteiger partial charge in [0.2, 0.25) is 18.3 Å². The molecule has 2 N–H and O–H groups in total. The Kier molecular flexibility index (Phi) is 6.51. The number of aromatic nitrogens is 4. The Morgan fingerprint density at radius 3 is 2.67 bits per heavy atom.